The number of hydrogen-bond acceptors (Lipinski definition) is 5. The fraction of sp³-hybridized carbons (Fsp3) is 0.350. The monoisotopic (exact) mass is 421 g/mol. The number of ether oxygens (including phenoxy) is 1. The number of halogens is 2. The van der Waals surface area contributed by atoms with Gasteiger partial charge in [0.1, 0.15) is 23.9 Å². The van der Waals surface area contributed by atoms with E-state index in [0.29, 0.717) is 12.7 Å². The van der Waals surface area contributed by atoms with Crippen LogP contribution >= 0.6 is 0 Å². The summed E-state index contributed by atoms with van der Waals surface area (Å²) in [5.41, 5.74) is -1.63. The van der Waals surface area contributed by atoms with Crippen LogP contribution in [0.3, 0.4) is 0 Å². The Morgan fingerprint density at radius 1 is 1.33 bits per heavy atom. The zero-order valence-electron chi connectivity index (χ0n) is 16.4. The lowest BCUT2D eigenvalue weighted by Crippen LogP contribution is -2.38. The summed E-state index contributed by atoms with van der Waals surface area (Å²) in [6.07, 6.45) is 1.17. The predicted molar refractivity (Wildman–Crippen MR) is 102 cm³/mol. The second-order valence-electron chi connectivity index (χ2n) is 6.90. The Morgan fingerprint density at radius 2 is 2.07 bits per heavy atom. The van der Waals surface area contributed by atoms with Gasteiger partial charge in [-0.25, -0.2) is 8.78 Å². The van der Waals surface area contributed by atoms with Gasteiger partial charge in [0.25, 0.3) is 11.8 Å². The van der Waals surface area contributed by atoms with Crippen LogP contribution < -0.4 is 10.7 Å². The van der Waals surface area contributed by atoms with Crippen LogP contribution in [0.5, 0.6) is 5.75 Å². The molecule has 1 aromatic carbocycles. The first-order valence-corrected chi connectivity index (χ1v) is 9.31. The van der Waals surface area contributed by atoms with Crippen molar-refractivity contribution < 1.29 is 28.2 Å². The fourth-order valence-corrected chi connectivity index (χ4v) is 3.15. The SMILES string of the molecule is CCn1cc(C(=O)NCc2ccc(F)cc2F)c(=O)c(O)c1C(=O)N1COCC1C. The van der Waals surface area contributed by atoms with Crippen molar-refractivity contribution in [2.75, 3.05) is 13.3 Å². The molecule has 160 valence electrons. The van der Waals surface area contributed by atoms with Crippen LogP contribution in [0.25, 0.3) is 0 Å². The van der Waals surface area contributed by atoms with Gasteiger partial charge in [0.2, 0.25) is 5.43 Å². The normalized spacial score (nSPS) is 16.0. The van der Waals surface area contributed by atoms with Crippen molar-refractivity contribution in [2.45, 2.75) is 33.0 Å². The predicted octanol–water partition coefficient (Wildman–Crippen LogP) is 1.60. The molecule has 0 bridgehead atoms. The molecule has 2 heterocycles. The Labute approximate surface area is 170 Å². The molecule has 2 N–H and O–H groups in total. The highest BCUT2D eigenvalue weighted by atomic mass is 19.1. The van der Waals surface area contributed by atoms with Gasteiger partial charge in [-0.1, -0.05) is 6.07 Å². The maximum absolute atomic E-state index is 13.7. The van der Waals surface area contributed by atoms with E-state index >= 15 is 0 Å². The van der Waals surface area contributed by atoms with Crippen molar-refractivity contribution in [3.05, 3.63) is 63.1 Å². The summed E-state index contributed by atoms with van der Waals surface area (Å²) in [6, 6.07) is 2.67. The van der Waals surface area contributed by atoms with Crippen LogP contribution in [0.1, 0.15) is 40.3 Å². The van der Waals surface area contributed by atoms with E-state index in [2.05, 4.69) is 5.32 Å². The zero-order valence-corrected chi connectivity index (χ0v) is 16.4. The number of nitrogens with one attached hydrogen (secondary N) is 1. The van der Waals surface area contributed by atoms with Crippen LogP contribution in [0.4, 0.5) is 8.78 Å². The lowest BCUT2D eigenvalue weighted by atomic mass is 10.1. The number of rotatable bonds is 5. The fourth-order valence-electron chi connectivity index (χ4n) is 3.15. The third kappa shape index (κ3) is 4.04. The Kier molecular flexibility index (Phi) is 6.16. The molecule has 2 amide bonds. The van der Waals surface area contributed by atoms with Gasteiger partial charge in [0.15, 0.2) is 11.4 Å². The van der Waals surface area contributed by atoms with Gasteiger partial charge in [-0.3, -0.25) is 14.4 Å². The number of amides is 2. The molecular formula is C20H21F2N3O5. The second kappa shape index (κ2) is 8.62. The number of aromatic nitrogens is 1. The molecule has 1 aliphatic rings. The molecule has 30 heavy (non-hydrogen) atoms. The van der Waals surface area contributed by atoms with Gasteiger partial charge >= 0.3 is 0 Å². The molecular weight excluding hydrogens is 400 g/mol. The van der Waals surface area contributed by atoms with Crippen LogP contribution in [0.2, 0.25) is 0 Å². The molecule has 8 nitrogen and oxygen atoms in total. The first-order chi connectivity index (χ1) is 14.2. The minimum Gasteiger partial charge on any atom is -0.503 e. The summed E-state index contributed by atoms with van der Waals surface area (Å²) >= 11 is 0. The van der Waals surface area contributed by atoms with Gasteiger partial charge in [0, 0.05) is 30.9 Å². The molecule has 1 atom stereocenters. The first-order valence-electron chi connectivity index (χ1n) is 9.31. The molecule has 10 heteroatoms. The summed E-state index contributed by atoms with van der Waals surface area (Å²) in [6.45, 7) is 3.73. The molecule has 1 saturated heterocycles. The molecule has 0 spiro atoms. The van der Waals surface area contributed by atoms with Crippen LogP contribution in [-0.2, 0) is 17.8 Å². The molecule has 1 aromatic heterocycles. The van der Waals surface area contributed by atoms with Crippen molar-refractivity contribution in [1.82, 2.24) is 14.8 Å². The number of aryl methyl sites for hydroxylation is 1. The Hall–Kier alpha value is -3.27. The van der Waals surface area contributed by atoms with Gasteiger partial charge in [-0.2, -0.15) is 0 Å². The van der Waals surface area contributed by atoms with Gasteiger partial charge < -0.3 is 24.6 Å². The number of carbonyl (C=O) groups excluding carboxylic acids is 2. The average Bonchev–Trinajstić information content (AvgIpc) is 3.14. The van der Waals surface area contributed by atoms with Crippen LogP contribution in [0, 0.1) is 11.6 Å². The molecule has 1 aliphatic heterocycles. The first kappa shape index (κ1) is 21.4. The topological polar surface area (TPSA) is 101 Å². The van der Waals surface area contributed by atoms with Crippen molar-refractivity contribution in [2.24, 2.45) is 0 Å². The maximum atomic E-state index is 13.7. The van der Waals surface area contributed by atoms with E-state index in [9.17, 15) is 28.3 Å². The van der Waals surface area contributed by atoms with Gasteiger partial charge in [-0.05, 0) is 19.9 Å². The Balaban J connectivity index is 1.88. The van der Waals surface area contributed by atoms with Crippen molar-refractivity contribution in [3.8, 4) is 5.75 Å². The van der Waals surface area contributed by atoms with E-state index in [-0.39, 0.29) is 37.1 Å². The third-order valence-corrected chi connectivity index (χ3v) is 4.88. The van der Waals surface area contributed by atoms with Crippen molar-refractivity contribution in [3.63, 3.8) is 0 Å². The van der Waals surface area contributed by atoms with Gasteiger partial charge in [0.05, 0.1) is 12.6 Å². The smallest absolute Gasteiger partial charge is 0.276 e. The van der Waals surface area contributed by atoms with Crippen LogP contribution in [0.15, 0.2) is 29.2 Å². The molecule has 2 aromatic rings. The lowest BCUT2D eigenvalue weighted by Gasteiger charge is -2.22. The van der Waals surface area contributed by atoms with E-state index in [4.69, 9.17) is 4.74 Å². The highest BCUT2D eigenvalue weighted by Gasteiger charge is 2.32. The lowest BCUT2D eigenvalue weighted by molar-refractivity contribution is 0.0650. The number of pyridine rings is 1. The minimum absolute atomic E-state index is 0.0274. The molecule has 0 radical (unpaired) electrons. The summed E-state index contributed by atoms with van der Waals surface area (Å²) in [7, 11) is 0. The van der Waals surface area contributed by atoms with E-state index < -0.39 is 40.2 Å². The van der Waals surface area contributed by atoms with Gasteiger partial charge in [-0.15, -0.1) is 0 Å². The maximum Gasteiger partial charge on any atom is 0.276 e. The number of hydrogen-bond donors (Lipinski definition) is 2. The number of carbonyl (C=O) groups is 2. The summed E-state index contributed by atoms with van der Waals surface area (Å²) in [4.78, 5) is 39.2. The van der Waals surface area contributed by atoms with E-state index in [1.807, 2.05) is 0 Å². The number of nitrogens with zero attached hydrogens (tertiary/aromatic N) is 2. The zero-order chi connectivity index (χ0) is 22.0. The highest BCUT2D eigenvalue weighted by molar-refractivity contribution is 5.98. The van der Waals surface area contributed by atoms with Crippen molar-refractivity contribution >= 4 is 11.8 Å². The molecule has 3 rings (SSSR count). The highest BCUT2D eigenvalue weighted by Crippen LogP contribution is 2.20. The van der Waals surface area contributed by atoms with Crippen molar-refractivity contribution in [1.29, 1.82) is 0 Å². The minimum atomic E-state index is -1.02. The quantitative estimate of drug-likeness (QED) is 0.764. The second-order valence-corrected chi connectivity index (χ2v) is 6.90. The standard InChI is InChI=1S/C20H21F2N3O5/c1-3-24-8-14(19(28)23-7-12-4-5-13(21)6-15(12)22)17(26)18(27)16(24)20(29)25-10-30-9-11(25)2/h4-6,8,11,27H,3,7,9-10H2,1-2H3,(H,23,28). The summed E-state index contributed by atoms with van der Waals surface area (Å²) in [5, 5.41) is 12.8. The summed E-state index contributed by atoms with van der Waals surface area (Å²) < 4.78 is 33.3. The van der Waals surface area contributed by atoms with Crippen LogP contribution in [-0.4, -0.2) is 45.8 Å². The Bertz CT molecular complexity index is 1050. The molecule has 0 saturated carbocycles. The molecule has 1 unspecified atom stereocenters. The molecule has 0 aliphatic carbocycles. The third-order valence-electron chi connectivity index (χ3n) is 4.88. The van der Waals surface area contributed by atoms with E-state index in [1.165, 1.54) is 21.7 Å². The largest absolute Gasteiger partial charge is 0.503 e. The average molecular weight is 421 g/mol. The number of benzene rings is 1. The van der Waals surface area contributed by atoms with E-state index in [0.717, 1.165) is 6.07 Å². The molecule has 1 fully saturated rings. The Morgan fingerprint density at radius 3 is 2.67 bits per heavy atom. The van der Waals surface area contributed by atoms with E-state index in [1.54, 1.807) is 13.8 Å². The number of aromatic hydroxyl groups is 1. The summed E-state index contributed by atoms with van der Waals surface area (Å²) in [5.74, 6) is -3.89.